The minimum absolute atomic E-state index is 0.0738. The number of hydrogen-bond acceptors (Lipinski definition) is 3. The standard InChI is InChI=1S/C15H25N3O3/c1-11(2)10-17(7-4-6-16)15(21)18-8-5-13(14(19)20)9-12(18)3/h11-13H,4-5,7-10H2,1-3H3,(H,19,20). The molecule has 0 spiro atoms. The molecule has 118 valence electrons. The predicted molar refractivity (Wildman–Crippen MR) is 78.6 cm³/mol. The predicted octanol–water partition coefficient (Wildman–Crippen LogP) is 2.16. The molecule has 0 aliphatic carbocycles. The van der Waals surface area contributed by atoms with Crippen molar-refractivity contribution in [1.29, 1.82) is 5.26 Å². The molecule has 2 atom stereocenters. The van der Waals surface area contributed by atoms with E-state index in [1.807, 2.05) is 20.8 Å². The Hall–Kier alpha value is -1.77. The first-order valence-electron chi connectivity index (χ1n) is 7.52. The minimum Gasteiger partial charge on any atom is -0.481 e. The van der Waals surface area contributed by atoms with Crippen molar-refractivity contribution in [2.24, 2.45) is 11.8 Å². The number of aliphatic carboxylic acids is 1. The van der Waals surface area contributed by atoms with Crippen LogP contribution in [0.25, 0.3) is 0 Å². The van der Waals surface area contributed by atoms with Crippen LogP contribution in [0.4, 0.5) is 4.79 Å². The molecule has 0 aromatic carbocycles. The topological polar surface area (TPSA) is 84.6 Å². The first kappa shape index (κ1) is 17.3. The summed E-state index contributed by atoms with van der Waals surface area (Å²) < 4.78 is 0. The second-order valence-corrected chi connectivity index (χ2v) is 6.13. The van der Waals surface area contributed by atoms with Crippen molar-refractivity contribution in [1.82, 2.24) is 9.80 Å². The van der Waals surface area contributed by atoms with E-state index in [4.69, 9.17) is 10.4 Å². The summed E-state index contributed by atoms with van der Waals surface area (Å²) in [4.78, 5) is 27.1. The van der Waals surface area contributed by atoms with Crippen LogP contribution in [-0.4, -0.2) is 52.6 Å². The largest absolute Gasteiger partial charge is 0.481 e. The number of nitriles is 1. The van der Waals surface area contributed by atoms with Crippen LogP contribution in [0.2, 0.25) is 0 Å². The molecule has 1 rings (SSSR count). The summed E-state index contributed by atoms with van der Waals surface area (Å²) in [5.41, 5.74) is 0. The average Bonchev–Trinajstić information content (AvgIpc) is 2.42. The van der Waals surface area contributed by atoms with E-state index in [1.165, 1.54) is 0 Å². The van der Waals surface area contributed by atoms with Crippen molar-refractivity contribution in [2.75, 3.05) is 19.6 Å². The average molecular weight is 295 g/mol. The lowest BCUT2D eigenvalue weighted by Crippen LogP contribution is -2.52. The van der Waals surface area contributed by atoms with Crippen molar-refractivity contribution < 1.29 is 14.7 Å². The molecule has 0 radical (unpaired) electrons. The lowest BCUT2D eigenvalue weighted by atomic mass is 9.92. The van der Waals surface area contributed by atoms with Crippen molar-refractivity contribution >= 4 is 12.0 Å². The third kappa shape index (κ3) is 4.92. The minimum atomic E-state index is -0.780. The van der Waals surface area contributed by atoms with Crippen LogP contribution in [-0.2, 0) is 4.79 Å². The van der Waals surface area contributed by atoms with Crippen molar-refractivity contribution in [2.45, 2.75) is 46.1 Å². The van der Waals surface area contributed by atoms with Gasteiger partial charge in [0.05, 0.1) is 18.4 Å². The van der Waals surface area contributed by atoms with Crippen LogP contribution >= 0.6 is 0 Å². The van der Waals surface area contributed by atoms with Gasteiger partial charge in [-0.1, -0.05) is 13.8 Å². The number of urea groups is 1. The van der Waals surface area contributed by atoms with Gasteiger partial charge in [0.2, 0.25) is 0 Å². The number of nitrogens with zero attached hydrogens (tertiary/aromatic N) is 3. The summed E-state index contributed by atoms with van der Waals surface area (Å²) in [5.74, 6) is -0.807. The van der Waals surface area contributed by atoms with Gasteiger partial charge in [0.25, 0.3) is 0 Å². The van der Waals surface area contributed by atoms with Gasteiger partial charge in [-0.25, -0.2) is 4.79 Å². The fourth-order valence-electron chi connectivity index (χ4n) is 2.75. The monoisotopic (exact) mass is 295 g/mol. The van der Waals surface area contributed by atoms with Gasteiger partial charge < -0.3 is 14.9 Å². The maximum Gasteiger partial charge on any atom is 0.320 e. The maximum atomic E-state index is 12.6. The SMILES string of the molecule is CC(C)CN(CCC#N)C(=O)N1CCC(C(=O)O)CC1C. The Morgan fingerprint density at radius 3 is 2.62 bits per heavy atom. The highest BCUT2D eigenvalue weighted by molar-refractivity contribution is 5.76. The van der Waals surface area contributed by atoms with Crippen LogP contribution in [0.1, 0.15) is 40.0 Å². The van der Waals surface area contributed by atoms with Crippen molar-refractivity contribution in [3.8, 4) is 6.07 Å². The number of carbonyl (C=O) groups is 2. The Kier molecular flexibility index (Phi) is 6.47. The first-order chi connectivity index (χ1) is 9.86. The number of amides is 2. The zero-order chi connectivity index (χ0) is 16.0. The number of hydrogen-bond donors (Lipinski definition) is 1. The van der Waals surface area contributed by atoms with Crippen molar-refractivity contribution in [3.63, 3.8) is 0 Å². The summed E-state index contributed by atoms with van der Waals surface area (Å²) in [7, 11) is 0. The van der Waals surface area contributed by atoms with Crippen LogP contribution < -0.4 is 0 Å². The molecule has 21 heavy (non-hydrogen) atoms. The molecule has 1 heterocycles. The smallest absolute Gasteiger partial charge is 0.320 e. The second-order valence-electron chi connectivity index (χ2n) is 6.13. The summed E-state index contributed by atoms with van der Waals surface area (Å²) in [6.07, 6.45) is 1.31. The number of carbonyl (C=O) groups excluding carboxylic acids is 1. The van der Waals surface area contributed by atoms with E-state index < -0.39 is 5.97 Å². The molecule has 2 unspecified atom stereocenters. The Balaban J connectivity index is 2.70. The van der Waals surface area contributed by atoms with E-state index in [-0.39, 0.29) is 18.0 Å². The summed E-state index contributed by atoms with van der Waals surface area (Å²) >= 11 is 0. The third-order valence-corrected chi connectivity index (χ3v) is 3.82. The highest BCUT2D eigenvalue weighted by Crippen LogP contribution is 2.24. The zero-order valence-corrected chi connectivity index (χ0v) is 13.1. The molecule has 1 aliphatic heterocycles. The zero-order valence-electron chi connectivity index (χ0n) is 13.1. The van der Waals surface area contributed by atoms with Gasteiger partial charge in [0.15, 0.2) is 0 Å². The van der Waals surface area contributed by atoms with Crippen LogP contribution in [0.3, 0.4) is 0 Å². The molecule has 0 bridgehead atoms. The van der Waals surface area contributed by atoms with E-state index in [1.54, 1.807) is 9.80 Å². The molecule has 0 saturated carbocycles. The number of carboxylic acid groups (broad SMARTS) is 1. The Morgan fingerprint density at radius 2 is 2.14 bits per heavy atom. The molecule has 1 fully saturated rings. The lowest BCUT2D eigenvalue weighted by Gasteiger charge is -2.39. The highest BCUT2D eigenvalue weighted by Gasteiger charge is 2.34. The third-order valence-electron chi connectivity index (χ3n) is 3.82. The number of likely N-dealkylation sites (tertiary alicyclic amines) is 1. The van der Waals surface area contributed by atoms with Crippen LogP contribution in [0.5, 0.6) is 0 Å². The van der Waals surface area contributed by atoms with Gasteiger partial charge >= 0.3 is 12.0 Å². The Bertz CT molecular complexity index is 417. The Morgan fingerprint density at radius 1 is 1.48 bits per heavy atom. The quantitative estimate of drug-likeness (QED) is 0.842. The van der Waals surface area contributed by atoms with E-state index in [0.29, 0.717) is 44.8 Å². The second kappa shape index (κ2) is 7.87. The van der Waals surface area contributed by atoms with Gasteiger partial charge in [-0.2, -0.15) is 5.26 Å². The molecule has 6 heteroatoms. The normalized spacial score (nSPS) is 22.0. The number of carboxylic acids is 1. The van der Waals surface area contributed by atoms with E-state index in [2.05, 4.69) is 6.07 Å². The van der Waals surface area contributed by atoms with Gasteiger partial charge in [-0.3, -0.25) is 4.79 Å². The highest BCUT2D eigenvalue weighted by atomic mass is 16.4. The summed E-state index contributed by atoms with van der Waals surface area (Å²) in [5, 5.41) is 17.8. The van der Waals surface area contributed by atoms with Gasteiger partial charge in [0, 0.05) is 25.7 Å². The van der Waals surface area contributed by atoms with Gasteiger partial charge in [-0.05, 0) is 25.7 Å². The van der Waals surface area contributed by atoms with Gasteiger partial charge in [-0.15, -0.1) is 0 Å². The van der Waals surface area contributed by atoms with Crippen molar-refractivity contribution in [3.05, 3.63) is 0 Å². The molecule has 2 amide bonds. The van der Waals surface area contributed by atoms with Gasteiger partial charge in [0.1, 0.15) is 0 Å². The lowest BCUT2D eigenvalue weighted by molar-refractivity contribution is -0.143. The summed E-state index contributed by atoms with van der Waals surface area (Å²) in [6, 6.07) is 1.92. The van der Waals surface area contributed by atoms with E-state index in [0.717, 1.165) is 0 Å². The number of piperidine rings is 1. The molecule has 1 saturated heterocycles. The molecule has 1 N–H and O–H groups in total. The molecular formula is C15H25N3O3. The fraction of sp³-hybridized carbons (Fsp3) is 0.800. The van der Waals surface area contributed by atoms with E-state index in [9.17, 15) is 9.59 Å². The fourth-order valence-corrected chi connectivity index (χ4v) is 2.75. The number of rotatable bonds is 5. The molecule has 1 aliphatic rings. The molecule has 0 aromatic rings. The van der Waals surface area contributed by atoms with Crippen LogP contribution in [0.15, 0.2) is 0 Å². The van der Waals surface area contributed by atoms with E-state index >= 15 is 0 Å². The van der Waals surface area contributed by atoms with Crippen LogP contribution in [0, 0.1) is 23.2 Å². The first-order valence-corrected chi connectivity index (χ1v) is 7.52. The maximum absolute atomic E-state index is 12.6. The molecular weight excluding hydrogens is 270 g/mol. The molecule has 0 aromatic heterocycles. The Labute approximate surface area is 126 Å². The molecule has 6 nitrogen and oxygen atoms in total. The summed E-state index contributed by atoms with van der Waals surface area (Å²) in [6.45, 7) is 7.48.